The quantitative estimate of drug-likeness (QED) is 0.876. The van der Waals surface area contributed by atoms with Crippen molar-refractivity contribution < 1.29 is 14.3 Å². The highest BCUT2D eigenvalue weighted by Gasteiger charge is 2.34. The van der Waals surface area contributed by atoms with E-state index in [1.807, 2.05) is 42.3 Å². The molecular formula is C19H21N3O3S. The Morgan fingerprint density at radius 1 is 1.31 bits per heavy atom. The van der Waals surface area contributed by atoms with Crippen LogP contribution < -0.4 is 15.0 Å². The molecule has 2 amide bonds. The van der Waals surface area contributed by atoms with Gasteiger partial charge in [0.05, 0.1) is 17.1 Å². The zero-order valence-corrected chi connectivity index (χ0v) is 15.6. The molecule has 0 unspecified atom stereocenters. The van der Waals surface area contributed by atoms with Crippen LogP contribution in [0.25, 0.3) is 0 Å². The average molecular weight is 371 g/mol. The lowest BCUT2D eigenvalue weighted by atomic mass is 10.1. The summed E-state index contributed by atoms with van der Waals surface area (Å²) in [4.78, 5) is 30.7. The fraction of sp³-hybridized carbons (Fsp3) is 0.368. The van der Waals surface area contributed by atoms with Crippen LogP contribution in [0.5, 0.6) is 5.75 Å². The Labute approximate surface area is 156 Å². The molecule has 1 aromatic carbocycles. The molecule has 2 aliphatic rings. The maximum atomic E-state index is 13.0. The van der Waals surface area contributed by atoms with Gasteiger partial charge in [-0.1, -0.05) is 12.1 Å². The summed E-state index contributed by atoms with van der Waals surface area (Å²) in [5, 5.41) is 2.66. The number of benzene rings is 1. The Balaban J connectivity index is 1.50. The lowest BCUT2D eigenvalue weighted by molar-refractivity contribution is -0.139. The van der Waals surface area contributed by atoms with E-state index in [2.05, 4.69) is 10.2 Å². The molecule has 136 valence electrons. The molecule has 0 bridgehead atoms. The number of para-hydroxylation sites is 2. The number of carbonyl (C=O) groups excluding carboxylic acids is 2. The summed E-state index contributed by atoms with van der Waals surface area (Å²) in [6.07, 6.45) is 0.274. The van der Waals surface area contributed by atoms with E-state index in [1.54, 1.807) is 7.05 Å². The SMILES string of the molecule is CNC(=O)c1cc2c(s1)CCN(C(=O)[C@@H]1CN(C)c3ccccc3O1)C2. The van der Waals surface area contributed by atoms with Crippen molar-refractivity contribution >= 4 is 28.8 Å². The van der Waals surface area contributed by atoms with Crippen LogP contribution in [0.4, 0.5) is 5.69 Å². The normalized spacial score (nSPS) is 18.6. The number of hydrogen-bond donors (Lipinski definition) is 1. The zero-order chi connectivity index (χ0) is 18.3. The highest BCUT2D eigenvalue weighted by atomic mass is 32.1. The first-order valence-corrected chi connectivity index (χ1v) is 9.47. The lowest BCUT2D eigenvalue weighted by Gasteiger charge is -2.36. The van der Waals surface area contributed by atoms with Gasteiger partial charge >= 0.3 is 0 Å². The van der Waals surface area contributed by atoms with Crippen LogP contribution in [0.1, 0.15) is 20.1 Å². The molecule has 26 heavy (non-hydrogen) atoms. The molecule has 0 radical (unpaired) electrons. The number of likely N-dealkylation sites (N-methyl/N-ethyl adjacent to an activating group) is 1. The smallest absolute Gasteiger partial charge is 0.265 e. The minimum Gasteiger partial charge on any atom is -0.477 e. The van der Waals surface area contributed by atoms with Crippen LogP contribution in [0.2, 0.25) is 0 Å². The van der Waals surface area contributed by atoms with Crippen molar-refractivity contribution in [1.29, 1.82) is 0 Å². The van der Waals surface area contributed by atoms with Gasteiger partial charge in [0.1, 0.15) is 5.75 Å². The van der Waals surface area contributed by atoms with Crippen molar-refractivity contribution in [3.8, 4) is 5.75 Å². The number of nitrogens with one attached hydrogen (secondary N) is 1. The first-order valence-electron chi connectivity index (χ1n) is 8.66. The van der Waals surface area contributed by atoms with E-state index in [0.29, 0.717) is 24.5 Å². The summed E-state index contributed by atoms with van der Waals surface area (Å²) < 4.78 is 5.97. The molecule has 0 saturated carbocycles. The molecule has 1 atom stereocenters. The molecule has 0 saturated heterocycles. The Morgan fingerprint density at radius 2 is 2.12 bits per heavy atom. The maximum absolute atomic E-state index is 13.0. The molecule has 0 spiro atoms. The standard InChI is InChI=1S/C19H21N3O3S/c1-20-18(23)17-9-12-10-22(8-7-16(12)26-17)19(24)15-11-21(2)13-5-3-4-6-14(13)25-15/h3-6,9,15H,7-8,10-11H2,1-2H3,(H,20,23)/t15-/m0/s1. The minimum absolute atomic E-state index is 0.00435. The largest absolute Gasteiger partial charge is 0.477 e. The summed E-state index contributed by atoms with van der Waals surface area (Å²) in [5.41, 5.74) is 2.07. The number of fused-ring (bicyclic) bond motifs is 2. The van der Waals surface area contributed by atoms with Crippen molar-refractivity contribution in [2.45, 2.75) is 19.1 Å². The van der Waals surface area contributed by atoms with Crippen LogP contribution in [0, 0.1) is 0 Å². The van der Waals surface area contributed by atoms with Crippen molar-refractivity contribution in [2.24, 2.45) is 0 Å². The van der Waals surface area contributed by atoms with Gasteiger partial charge in [0, 0.05) is 32.1 Å². The van der Waals surface area contributed by atoms with Crippen LogP contribution in [0.15, 0.2) is 30.3 Å². The molecule has 2 aromatic rings. The maximum Gasteiger partial charge on any atom is 0.265 e. The fourth-order valence-electron chi connectivity index (χ4n) is 3.50. The van der Waals surface area contributed by atoms with Gasteiger partial charge in [0.25, 0.3) is 11.8 Å². The molecule has 2 aliphatic heterocycles. The van der Waals surface area contributed by atoms with Crippen LogP contribution in [0.3, 0.4) is 0 Å². The molecule has 6 nitrogen and oxygen atoms in total. The Kier molecular flexibility index (Phi) is 4.32. The zero-order valence-electron chi connectivity index (χ0n) is 14.8. The summed E-state index contributed by atoms with van der Waals surface area (Å²) in [7, 11) is 3.61. The molecule has 0 fully saturated rings. The van der Waals surface area contributed by atoms with Gasteiger partial charge in [-0.25, -0.2) is 0 Å². The highest BCUT2D eigenvalue weighted by Crippen LogP contribution is 2.33. The predicted octanol–water partition coefficient (Wildman–Crippen LogP) is 1.89. The van der Waals surface area contributed by atoms with Crippen LogP contribution in [-0.2, 0) is 17.8 Å². The van der Waals surface area contributed by atoms with Gasteiger partial charge in [-0.2, -0.15) is 0 Å². The van der Waals surface area contributed by atoms with Gasteiger partial charge < -0.3 is 19.9 Å². The second-order valence-corrected chi connectivity index (χ2v) is 7.74. The van der Waals surface area contributed by atoms with Crippen LogP contribution in [-0.4, -0.2) is 50.0 Å². The molecule has 4 rings (SSSR count). The van der Waals surface area contributed by atoms with Gasteiger partial charge in [-0.3, -0.25) is 9.59 Å². The summed E-state index contributed by atoms with van der Waals surface area (Å²) in [5.74, 6) is 0.676. The monoisotopic (exact) mass is 371 g/mol. The van der Waals surface area contributed by atoms with E-state index >= 15 is 0 Å². The molecule has 0 aliphatic carbocycles. The second-order valence-electron chi connectivity index (χ2n) is 6.60. The molecule has 1 aromatic heterocycles. The van der Waals surface area contributed by atoms with E-state index < -0.39 is 6.10 Å². The van der Waals surface area contributed by atoms with Crippen LogP contribution >= 0.6 is 11.3 Å². The lowest BCUT2D eigenvalue weighted by Crippen LogP contribution is -2.50. The first-order chi connectivity index (χ1) is 12.6. The third kappa shape index (κ3) is 2.92. The number of hydrogen-bond acceptors (Lipinski definition) is 5. The number of amides is 2. The van der Waals surface area contributed by atoms with Gasteiger partial charge in [-0.05, 0) is 30.2 Å². The number of nitrogens with zero attached hydrogens (tertiary/aromatic N) is 2. The Bertz CT molecular complexity index is 863. The van der Waals surface area contributed by atoms with E-state index in [-0.39, 0.29) is 11.8 Å². The fourth-order valence-corrected chi connectivity index (χ4v) is 4.61. The van der Waals surface area contributed by atoms with E-state index in [1.165, 1.54) is 16.2 Å². The Morgan fingerprint density at radius 3 is 2.92 bits per heavy atom. The van der Waals surface area contributed by atoms with Crippen molar-refractivity contribution in [3.63, 3.8) is 0 Å². The number of thiophene rings is 1. The third-order valence-electron chi connectivity index (χ3n) is 4.89. The molecular weight excluding hydrogens is 350 g/mol. The van der Waals surface area contributed by atoms with Crippen molar-refractivity contribution in [2.75, 3.05) is 32.1 Å². The summed E-state index contributed by atoms with van der Waals surface area (Å²) >= 11 is 1.52. The molecule has 7 heteroatoms. The van der Waals surface area contributed by atoms with E-state index in [4.69, 9.17) is 4.74 Å². The van der Waals surface area contributed by atoms with E-state index in [9.17, 15) is 9.59 Å². The number of ether oxygens (including phenoxy) is 1. The molecule has 1 N–H and O–H groups in total. The minimum atomic E-state index is -0.506. The van der Waals surface area contributed by atoms with Gasteiger partial charge in [0.15, 0.2) is 6.10 Å². The average Bonchev–Trinajstić information content (AvgIpc) is 3.10. The van der Waals surface area contributed by atoms with Gasteiger partial charge in [0.2, 0.25) is 0 Å². The Hall–Kier alpha value is -2.54. The summed E-state index contributed by atoms with van der Waals surface area (Å²) in [6, 6.07) is 9.68. The predicted molar refractivity (Wildman–Crippen MR) is 101 cm³/mol. The highest BCUT2D eigenvalue weighted by molar-refractivity contribution is 7.14. The topological polar surface area (TPSA) is 61.9 Å². The molecule has 3 heterocycles. The third-order valence-corrected chi connectivity index (χ3v) is 6.13. The van der Waals surface area contributed by atoms with Crippen molar-refractivity contribution in [1.82, 2.24) is 10.2 Å². The van der Waals surface area contributed by atoms with E-state index in [0.717, 1.165) is 23.4 Å². The number of rotatable bonds is 2. The number of carbonyl (C=O) groups is 2. The first kappa shape index (κ1) is 16.9. The van der Waals surface area contributed by atoms with Gasteiger partial charge in [-0.15, -0.1) is 11.3 Å². The summed E-state index contributed by atoms with van der Waals surface area (Å²) in [6.45, 7) is 1.73. The number of anilines is 1. The van der Waals surface area contributed by atoms with Crippen molar-refractivity contribution in [3.05, 3.63) is 45.6 Å². The second kappa shape index (κ2) is 6.64.